The Morgan fingerprint density at radius 2 is 1.77 bits per heavy atom. The number of hydrogen-bond donors (Lipinski definition) is 3. The summed E-state index contributed by atoms with van der Waals surface area (Å²) in [7, 11) is 0. The predicted octanol–water partition coefficient (Wildman–Crippen LogP) is 4.02. The molecule has 3 N–H and O–H groups in total. The summed E-state index contributed by atoms with van der Waals surface area (Å²) in [6.45, 7) is 5.97. The standard InChI is InChI=1S/C26H24N6O3/c1-4-32-23-21(25(34)31-26(32)35)17(13-20(30-23)14(2)3)24(33)27-16-11-9-15(10-12-16)22-28-18-7-5-6-8-19(18)29-22/h5-14H,4H2,1-3H3,(H,27,33)(H,28,29)(H,31,34,35). The summed E-state index contributed by atoms with van der Waals surface area (Å²) in [4.78, 5) is 53.0. The van der Waals surface area contributed by atoms with E-state index in [1.807, 2.05) is 50.2 Å². The van der Waals surface area contributed by atoms with Gasteiger partial charge >= 0.3 is 5.69 Å². The highest BCUT2D eigenvalue weighted by Gasteiger charge is 2.20. The Balaban J connectivity index is 1.52. The van der Waals surface area contributed by atoms with Gasteiger partial charge in [0, 0.05) is 23.5 Å². The summed E-state index contributed by atoms with van der Waals surface area (Å²) in [5, 5.41) is 2.95. The third kappa shape index (κ3) is 4.01. The van der Waals surface area contributed by atoms with E-state index in [1.165, 1.54) is 4.57 Å². The maximum atomic E-state index is 13.3. The lowest BCUT2D eigenvalue weighted by Gasteiger charge is -2.14. The number of para-hydroxylation sites is 2. The van der Waals surface area contributed by atoms with Gasteiger partial charge in [-0.15, -0.1) is 0 Å². The lowest BCUT2D eigenvalue weighted by molar-refractivity contribution is 0.102. The predicted molar refractivity (Wildman–Crippen MR) is 136 cm³/mol. The van der Waals surface area contributed by atoms with Crippen molar-refractivity contribution < 1.29 is 4.79 Å². The molecule has 9 heteroatoms. The van der Waals surface area contributed by atoms with Gasteiger partial charge in [-0.3, -0.25) is 19.1 Å². The van der Waals surface area contributed by atoms with E-state index in [-0.39, 0.29) is 22.5 Å². The molecule has 0 unspecified atom stereocenters. The maximum Gasteiger partial charge on any atom is 0.329 e. The van der Waals surface area contributed by atoms with Gasteiger partial charge in [0.15, 0.2) is 5.65 Å². The molecule has 35 heavy (non-hydrogen) atoms. The fourth-order valence-electron chi connectivity index (χ4n) is 4.06. The number of aromatic amines is 2. The second-order valence-electron chi connectivity index (χ2n) is 8.59. The molecule has 0 aliphatic rings. The number of nitrogens with zero attached hydrogens (tertiary/aromatic N) is 3. The van der Waals surface area contributed by atoms with E-state index in [2.05, 4.69) is 25.3 Å². The number of fused-ring (bicyclic) bond motifs is 2. The van der Waals surface area contributed by atoms with Crippen molar-refractivity contribution in [3.05, 3.63) is 86.7 Å². The molecule has 0 saturated heterocycles. The van der Waals surface area contributed by atoms with Gasteiger partial charge in [-0.05, 0) is 55.3 Å². The molecule has 0 spiro atoms. The van der Waals surface area contributed by atoms with Crippen LogP contribution in [0.5, 0.6) is 0 Å². The Kier molecular flexibility index (Phi) is 5.52. The highest BCUT2D eigenvalue weighted by Crippen LogP contribution is 2.24. The lowest BCUT2D eigenvalue weighted by atomic mass is 10.0. The topological polar surface area (TPSA) is 126 Å². The van der Waals surface area contributed by atoms with E-state index in [9.17, 15) is 14.4 Å². The van der Waals surface area contributed by atoms with Crippen LogP contribution in [0.4, 0.5) is 5.69 Å². The van der Waals surface area contributed by atoms with Crippen molar-refractivity contribution in [1.82, 2.24) is 24.5 Å². The van der Waals surface area contributed by atoms with Crippen LogP contribution in [0.3, 0.4) is 0 Å². The number of anilines is 1. The third-order valence-electron chi connectivity index (χ3n) is 5.93. The first-order chi connectivity index (χ1) is 16.9. The van der Waals surface area contributed by atoms with E-state index in [1.54, 1.807) is 25.1 Å². The van der Waals surface area contributed by atoms with E-state index in [0.29, 0.717) is 17.9 Å². The normalized spacial score (nSPS) is 11.4. The van der Waals surface area contributed by atoms with Crippen molar-refractivity contribution in [2.24, 2.45) is 0 Å². The Hall–Kier alpha value is -4.53. The summed E-state index contributed by atoms with van der Waals surface area (Å²) >= 11 is 0. The van der Waals surface area contributed by atoms with Crippen molar-refractivity contribution in [1.29, 1.82) is 0 Å². The third-order valence-corrected chi connectivity index (χ3v) is 5.93. The SMILES string of the molecule is CCn1c(=O)[nH]c(=O)c2c(C(=O)Nc3ccc(-c4nc5ccccc5[nH]4)cc3)cc(C(C)C)nc21. The van der Waals surface area contributed by atoms with Crippen LogP contribution < -0.4 is 16.6 Å². The van der Waals surface area contributed by atoms with E-state index in [4.69, 9.17) is 0 Å². The van der Waals surface area contributed by atoms with Crippen molar-refractivity contribution >= 4 is 33.7 Å². The quantitative estimate of drug-likeness (QED) is 0.359. The second-order valence-corrected chi connectivity index (χ2v) is 8.59. The van der Waals surface area contributed by atoms with Gasteiger partial charge < -0.3 is 10.3 Å². The number of imidazole rings is 1. The number of hydrogen-bond acceptors (Lipinski definition) is 5. The molecule has 5 rings (SSSR count). The Labute approximate surface area is 199 Å². The van der Waals surface area contributed by atoms with Crippen molar-refractivity contribution in [3.8, 4) is 11.4 Å². The van der Waals surface area contributed by atoms with Crippen LogP contribution in [-0.2, 0) is 6.54 Å². The minimum Gasteiger partial charge on any atom is -0.338 e. The highest BCUT2D eigenvalue weighted by atomic mass is 16.2. The number of nitrogens with one attached hydrogen (secondary N) is 3. The lowest BCUT2D eigenvalue weighted by Crippen LogP contribution is -2.32. The molecule has 3 aromatic heterocycles. The number of carbonyl (C=O) groups excluding carboxylic acids is 1. The molecule has 9 nitrogen and oxygen atoms in total. The van der Waals surface area contributed by atoms with Crippen LogP contribution in [0, 0.1) is 0 Å². The number of pyridine rings is 1. The fraction of sp³-hybridized carbons (Fsp3) is 0.192. The number of aromatic nitrogens is 5. The van der Waals surface area contributed by atoms with Gasteiger partial charge in [-0.25, -0.2) is 14.8 Å². The van der Waals surface area contributed by atoms with Crippen LogP contribution in [0.15, 0.2) is 64.2 Å². The van der Waals surface area contributed by atoms with Gasteiger partial charge in [0.2, 0.25) is 0 Å². The Morgan fingerprint density at radius 3 is 2.46 bits per heavy atom. The van der Waals surface area contributed by atoms with Crippen molar-refractivity contribution in [2.45, 2.75) is 33.2 Å². The molecule has 0 aliphatic heterocycles. The minimum atomic E-state index is -0.636. The number of H-pyrrole nitrogens is 2. The summed E-state index contributed by atoms with van der Waals surface area (Å²) in [5.74, 6) is 0.270. The molecule has 0 aliphatic carbocycles. The largest absolute Gasteiger partial charge is 0.338 e. The van der Waals surface area contributed by atoms with Crippen LogP contribution in [0.1, 0.15) is 42.7 Å². The minimum absolute atomic E-state index is 0.00580. The molecule has 176 valence electrons. The number of amides is 1. The van der Waals surface area contributed by atoms with Crippen LogP contribution in [0.25, 0.3) is 33.5 Å². The molecule has 0 fully saturated rings. The second kappa shape index (κ2) is 8.68. The zero-order valence-corrected chi connectivity index (χ0v) is 19.5. The number of carbonyl (C=O) groups is 1. The summed E-state index contributed by atoms with van der Waals surface area (Å²) in [6, 6.07) is 16.7. The first kappa shape index (κ1) is 22.3. The summed E-state index contributed by atoms with van der Waals surface area (Å²) < 4.78 is 1.36. The average Bonchev–Trinajstić information content (AvgIpc) is 3.28. The van der Waals surface area contributed by atoms with E-state index in [0.717, 1.165) is 22.4 Å². The fourth-order valence-corrected chi connectivity index (χ4v) is 4.06. The Bertz CT molecular complexity index is 1660. The van der Waals surface area contributed by atoms with Gasteiger partial charge in [-0.2, -0.15) is 0 Å². The van der Waals surface area contributed by atoms with Crippen LogP contribution in [0.2, 0.25) is 0 Å². The molecule has 2 aromatic carbocycles. The number of benzene rings is 2. The van der Waals surface area contributed by atoms with Crippen molar-refractivity contribution in [2.75, 3.05) is 5.32 Å². The zero-order chi connectivity index (χ0) is 24.7. The Morgan fingerprint density at radius 1 is 1.03 bits per heavy atom. The van der Waals surface area contributed by atoms with Gasteiger partial charge in [0.25, 0.3) is 11.5 Å². The first-order valence-corrected chi connectivity index (χ1v) is 11.4. The molecule has 0 atom stereocenters. The summed E-state index contributed by atoms with van der Waals surface area (Å²) in [6.07, 6.45) is 0. The van der Waals surface area contributed by atoms with Crippen LogP contribution in [-0.4, -0.2) is 30.4 Å². The monoisotopic (exact) mass is 468 g/mol. The molecule has 5 aromatic rings. The number of aryl methyl sites for hydroxylation is 1. The highest BCUT2D eigenvalue weighted by molar-refractivity contribution is 6.12. The summed E-state index contributed by atoms with van der Waals surface area (Å²) in [5.41, 5.74) is 3.07. The average molecular weight is 469 g/mol. The molecule has 0 radical (unpaired) electrons. The van der Waals surface area contributed by atoms with Crippen LogP contribution >= 0.6 is 0 Å². The molecule has 0 bridgehead atoms. The molecule has 0 saturated carbocycles. The molecule has 3 heterocycles. The van der Waals surface area contributed by atoms with Gasteiger partial charge in [0.05, 0.1) is 22.0 Å². The zero-order valence-electron chi connectivity index (χ0n) is 19.5. The van der Waals surface area contributed by atoms with Crippen molar-refractivity contribution in [3.63, 3.8) is 0 Å². The number of rotatable bonds is 5. The maximum absolute atomic E-state index is 13.3. The smallest absolute Gasteiger partial charge is 0.329 e. The molecule has 1 amide bonds. The van der Waals surface area contributed by atoms with Gasteiger partial charge in [0.1, 0.15) is 5.82 Å². The first-order valence-electron chi connectivity index (χ1n) is 11.4. The van der Waals surface area contributed by atoms with Gasteiger partial charge in [-0.1, -0.05) is 26.0 Å². The molecular formula is C26H24N6O3. The van der Waals surface area contributed by atoms with E-state index >= 15 is 0 Å². The van der Waals surface area contributed by atoms with E-state index < -0.39 is 17.2 Å². The molecular weight excluding hydrogens is 444 g/mol.